The summed E-state index contributed by atoms with van der Waals surface area (Å²) in [7, 11) is 0. The maximum atomic E-state index is 5.76. The van der Waals surface area contributed by atoms with Gasteiger partial charge < -0.3 is 9.47 Å². The Morgan fingerprint density at radius 1 is 1.23 bits per heavy atom. The SMILES string of the molecule is CCCCC[C@@H]1CCO[C@H](CC)O1. The minimum absolute atomic E-state index is 0.0698. The van der Waals surface area contributed by atoms with Gasteiger partial charge in [-0.2, -0.15) is 0 Å². The van der Waals surface area contributed by atoms with Crippen molar-refractivity contribution in [3.63, 3.8) is 0 Å². The molecule has 0 bridgehead atoms. The summed E-state index contributed by atoms with van der Waals surface area (Å²) in [6.45, 7) is 5.23. The predicted molar refractivity (Wildman–Crippen MR) is 53.7 cm³/mol. The molecule has 1 aliphatic heterocycles. The van der Waals surface area contributed by atoms with Crippen LogP contribution in [0, 0.1) is 0 Å². The Balaban J connectivity index is 2.11. The van der Waals surface area contributed by atoms with Crippen LogP contribution in [-0.4, -0.2) is 19.0 Å². The van der Waals surface area contributed by atoms with E-state index in [1.807, 2.05) is 0 Å². The molecule has 0 aromatic carbocycles. The van der Waals surface area contributed by atoms with Crippen LogP contribution in [0.4, 0.5) is 0 Å². The molecule has 0 N–H and O–H groups in total. The van der Waals surface area contributed by atoms with Gasteiger partial charge in [0.25, 0.3) is 0 Å². The van der Waals surface area contributed by atoms with Crippen molar-refractivity contribution in [3.8, 4) is 0 Å². The number of ether oxygens (including phenoxy) is 2. The molecule has 0 unspecified atom stereocenters. The van der Waals surface area contributed by atoms with Crippen molar-refractivity contribution in [1.82, 2.24) is 0 Å². The molecule has 1 fully saturated rings. The molecule has 13 heavy (non-hydrogen) atoms. The van der Waals surface area contributed by atoms with E-state index in [0.29, 0.717) is 6.10 Å². The summed E-state index contributed by atoms with van der Waals surface area (Å²) in [5, 5.41) is 0. The zero-order valence-corrected chi connectivity index (χ0v) is 8.92. The molecule has 78 valence electrons. The van der Waals surface area contributed by atoms with E-state index in [-0.39, 0.29) is 6.29 Å². The molecular weight excluding hydrogens is 164 g/mol. The first-order valence-corrected chi connectivity index (χ1v) is 5.63. The summed E-state index contributed by atoms with van der Waals surface area (Å²) in [5.74, 6) is 0. The molecule has 0 radical (unpaired) electrons. The van der Waals surface area contributed by atoms with Crippen LogP contribution in [0.5, 0.6) is 0 Å². The second-order valence-electron chi connectivity index (χ2n) is 3.75. The van der Waals surface area contributed by atoms with Gasteiger partial charge in [0.05, 0.1) is 12.7 Å². The van der Waals surface area contributed by atoms with E-state index in [1.165, 1.54) is 25.7 Å². The highest BCUT2D eigenvalue weighted by molar-refractivity contribution is 4.63. The third kappa shape index (κ3) is 4.10. The highest BCUT2D eigenvalue weighted by Gasteiger charge is 2.20. The highest BCUT2D eigenvalue weighted by Crippen LogP contribution is 2.19. The molecule has 0 aromatic heterocycles. The summed E-state index contributed by atoms with van der Waals surface area (Å²) >= 11 is 0. The van der Waals surface area contributed by atoms with Crippen LogP contribution in [-0.2, 0) is 9.47 Å². The second-order valence-corrected chi connectivity index (χ2v) is 3.75. The lowest BCUT2D eigenvalue weighted by Crippen LogP contribution is -2.31. The maximum absolute atomic E-state index is 5.76. The zero-order valence-electron chi connectivity index (χ0n) is 8.92. The van der Waals surface area contributed by atoms with E-state index in [0.717, 1.165) is 19.4 Å². The molecule has 2 heteroatoms. The molecule has 0 saturated carbocycles. The molecule has 1 saturated heterocycles. The first-order chi connectivity index (χ1) is 6.36. The van der Waals surface area contributed by atoms with Gasteiger partial charge in [0.1, 0.15) is 0 Å². The normalized spacial score (nSPS) is 29.1. The lowest BCUT2D eigenvalue weighted by molar-refractivity contribution is -0.214. The molecule has 0 aromatic rings. The Hall–Kier alpha value is -0.0800. The Kier molecular flexibility index (Phi) is 5.40. The minimum atomic E-state index is 0.0698. The molecule has 2 nitrogen and oxygen atoms in total. The second kappa shape index (κ2) is 6.39. The molecule has 0 spiro atoms. The average molecular weight is 186 g/mol. The van der Waals surface area contributed by atoms with Gasteiger partial charge in [-0.25, -0.2) is 0 Å². The van der Waals surface area contributed by atoms with Crippen molar-refractivity contribution >= 4 is 0 Å². The van der Waals surface area contributed by atoms with Gasteiger partial charge in [-0.3, -0.25) is 0 Å². The van der Waals surface area contributed by atoms with E-state index in [1.54, 1.807) is 0 Å². The molecule has 1 aliphatic rings. The first-order valence-electron chi connectivity index (χ1n) is 5.63. The summed E-state index contributed by atoms with van der Waals surface area (Å²) in [4.78, 5) is 0. The average Bonchev–Trinajstić information content (AvgIpc) is 2.19. The standard InChI is InChI=1S/C11H22O2/c1-3-5-6-7-10-8-9-12-11(4-2)13-10/h10-11H,3-9H2,1-2H3/t10-,11+/m1/s1. The molecule has 0 aliphatic carbocycles. The van der Waals surface area contributed by atoms with Gasteiger partial charge >= 0.3 is 0 Å². The van der Waals surface area contributed by atoms with Gasteiger partial charge in [-0.1, -0.05) is 33.1 Å². The monoisotopic (exact) mass is 186 g/mol. The molecule has 0 amide bonds. The zero-order chi connectivity index (χ0) is 9.52. The topological polar surface area (TPSA) is 18.5 Å². The third-order valence-electron chi connectivity index (χ3n) is 2.55. The lowest BCUT2D eigenvalue weighted by Gasteiger charge is -2.29. The van der Waals surface area contributed by atoms with Crippen LogP contribution in [0.1, 0.15) is 52.4 Å². The lowest BCUT2D eigenvalue weighted by atomic mass is 10.1. The van der Waals surface area contributed by atoms with Crippen LogP contribution in [0.3, 0.4) is 0 Å². The number of unbranched alkanes of at least 4 members (excludes halogenated alkanes) is 2. The summed E-state index contributed by atoms with van der Waals surface area (Å²) < 4.78 is 11.2. The maximum Gasteiger partial charge on any atom is 0.157 e. The van der Waals surface area contributed by atoms with Gasteiger partial charge in [0.15, 0.2) is 6.29 Å². The van der Waals surface area contributed by atoms with Crippen molar-refractivity contribution in [2.45, 2.75) is 64.8 Å². The van der Waals surface area contributed by atoms with Gasteiger partial charge in [-0.05, 0) is 19.3 Å². The minimum Gasteiger partial charge on any atom is -0.353 e. The highest BCUT2D eigenvalue weighted by atomic mass is 16.7. The molecule has 1 rings (SSSR count). The van der Waals surface area contributed by atoms with E-state index >= 15 is 0 Å². The van der Waals surface area contributed by atoms with Gasteiger partial charge in [0.2, 0.25) is 0 Å². The fraction of sp³-hybridized carbons (Fsp3) is 1.00. The Bertz CT molecular complexity index is 125. The Labute approximate surface area is 81.6 Å². The molecule has 1 heterocycles. The largest absolute Gasteiger partial charge is 0.353 e. The van der Waals surface area contributed by atoms with E-state index < -0.39 is 0 Å². The van der Waals surface area contributed by atoms with Crippen LogP contribution < -0.4 is 0 Å². The Morgan fingerprint density at radius 3 is 2.77 bits per heavy atom. The van der Waals surface area contributed by atoms with E-state index in [9.17, 15) is 0 Å². The fourth-order valence-electron chi connectivity index (χ4n) is 1.70. The molecule has 2 atom stereocenters. The van der Waals surface area contributed by atoms with Crippen LogP contribution in [0.2, 0.25) is 0 Å². The smallest absolute Gasteiger partial charge is 0.157 e. The van der Waals surface area contributed by atoms with Crippen molar-refractivity contribution in [1.29, 1.82) is 0 Å². The van der Waals surface area contributed by atoms with Crippen molar-refractivity contribution in [3.05, 3.63) is 0 Å². The van der Waals surface area contributed by atoms with E-state index in [4.69, 9.17) is 9.47 Å². The summed E-state index contributed by atoms with van der Waals surface area (Å²) in [6.07, 6.45) is 7.74. The van der Waals surface area contributed by atoms with Crippen LogP contribution in [0.25, 0.3) is 0 Å². The summed E-state index contributed by atoms with van der Waals surface area (Å²) in [5.41, 5.74) is 0. The van der Waals surface area contributed by atoms with Gasteiger partial charge in [0, 0.05) is 0 Å². The quantitative estimate of drug-likeness (QED) is 0.614. The number of hydrogen-bond acceptors (Lipinski definition) is 2. The van der Waals surface area contributed by atoms with Crippen molar-refractivity contribution in [2.24, 2.45) is 0 Å². The number of rotatable bonds is 5. The fourth-order valence-corrected chi connectivity index (χ4v) is 1.70. The molecular formula is C11H22O2. The predicted octanol–water partition coefficient (Wildman–Crippen LogP) is 3.11. The van der Waals surface area contributed by atoms with Crippen LogP contribution in [0.15, 0.2) is 0 Å². The van der Waals surface area contributed by atoms with E-state index in [2.05, 4.69) is 13.8 Å². The number of hydrogen-bond donors (Lipinski definition) is 0. The third-order valence-corrected chi connectivity index (χ3v) is 2.55. The van der Waals surface area contributed by atoms with Crippen molar-refractivity contribution < 1.29 is 9.47 Å². The Morgan fingerprint density at radius 2 is 2.08 bits per heavy atom. The van der Waals surface area contributed by atoms with Crippen molar-refractivity contribution in [2.75, 3.05) is 6.61 Å². The van der Waals surface area contributed by atoms with Crippen LogP contribution >= 0.6 is 0 Å². The summed E-state index contributed by atoms with van der Waals surface area (Å²) in [6, 6.07) is 0. The van der Waals surface area contributed by atoms with Gasteiger partial charge in [-0.15, -0.1) is 0 Å². The first kappa shape index (κ1) is 11.0.